The van der Waals surface area contributed by atoms with Gasteiger partial charge in [0.1, 0.15) is 6.04 Å². The van der Waals surface area contributed by atoms with Gasteiger partial charge in [-0.15, -0.1) is 6.42 Å². The molecule has 1 aliphatic carbocycles. The lowest BCUT2D eigenvalue weighted by Gasteiger charge is -2.24. The SMILES string of the molecule is C#CCN(CC1CC1)c1cc2c(cc1Br)C(NC)C(=O)N2. The van der Waals surface area contributed by atoms with Crippen LogP contribution >= 0.6 is 15.9 Å². The molecular weight excluding hydrogens is 330 g/mol. The number of halogens is 1. The second-order valence-electron chi connectivity index (χ2n) is 5.63. The summed E-state index contributed by atoms with van der Waals surface area (Å²) in [7, 11) is 1.79. The molecule has 0 spiro atoms. The molecule has 0 aromatic heterocycles. The highest BCUT2D eigenvalue weighted by atomic mass is 79.9. The summed E-state index contributed by atoms with van der Waals surface area (Å²) in [6.45, 7) is 1.56. The van der Waals surface area contributed by atoms with Crippen LogP contribution in [0.2, 0.25) is 0 Å². The zero-order valence-corrected chi connectivity index (χ0v) is 13.5. The molecule has 2 N–H and O–H groups in total. The van der Waals surface area contributed by atoms with Crippen LogP contribution in [0.3, 0.4) is 0 Å². The van der Waals surface area contributed by atoms with Gasteiger partial charge in [-0.2, -0.15) is 0 Å². The fourth-order valence-electron chi connectivity index (χ4n) is 2.77. The molecule has 2 aliphatic rings. The van der Waals surface area contributed by atoms with Gasteiger partial charge in [-0.05, 0) is 53.9 Å². The van der Waals surface area contributed by atoms with E-state index in [1.165, 1.54) is 12.8 Å². The smallest absolute Gasteiger partial charge is 0.246 e. The van der Waals surface area contributed by atoms with E-state index >= 15 is 0 Å². The van der Waals surface area contributed by atoms with Gasteiger partial charge in [0.25, 0.3) is 0 Å². The Kier molecular flexibility index (Phi) is 3.92. The standard InChI is InChI=1S/C16H18BrN3O/c1-3-6-20(9-10-4-5-10)14-8-13-11(7-12(14)17)15(18-2)16(21)19-13/h1,7-8,10,15,18H,4-6,9H2,2H3,(H,19,21). The van der Waals surface area contributed by atoms with Gasteiger partial charge in [-0.3, -0.25) is 4.79 Å². The largest absolute Gasteiger partial charge is 0.359 e. The first-order valence-corrected chi connectivity index (χ1v) is 7.93. The minimum absolute atomic E-state index is 0.0118. The van der Waals surface area contributed by atoms with Crippen molar-refractivity contribution in [2.24, 2.45) is 5.92 Å². The highest BCUT2D eigenvalue weighted by molar-refractivity contribution is 9.10. The van der Waals surface area contributed by atoms with Gasteiger partial charge in [0.2, 0.25) is 5.91 Å². The molecule has 0 saturated heterocycles. The summed E-state index contributed by atoms with van der Waals surface area (Å²) in [5, 5.41) is 5.97. The molecule has 1 heterocycles. The van der Waals surface area contributed by atoms with Gasteiger partial charge in [0, 0.05) is 22.3 Å². The van der Waals surface area contributed by atoms with Gasteiger partial charge in [-0.25, -0.2) is 0 Å². The Labute approximate surface area is 133 Å². The molecular formula is C16H18BrN3O. The third-order valence-corrected chi connectivity index (χ3v) is 4.67. The van der Waals surface area contributed by atoms with Crippen LogP contribution in [0.25, 0.3) is 0 Å². The van der Waals surface area contributed by atoms with Crippen molar-refractivity contribution in [3.05, 3.63) is 22.2 Å². The molecule has 1 aromatic carbocycles. The molecule has 3 rings (SSSR count). The number of nitrogens with zero attached hydrogens (tertiary/aromatic N) is 1. The molecule has 0 radical (unpaired) electrons. The number of nitrogens with one attached hydrogen (secondary N) is 2. The molecule has 5 heteroatoms. The Morgan fingerprint density at radius 3 is 2.90 bits per heavy atom. The van der Waals surface area contributed by atoms with Crippen molar-refractivity contribution < 1.29 is 4.79 Å². The fraction of sp³-hybridized carbons (Fsp3) is 0.438. The average Bonchev–Trinajstić information content (AvgIpc) is 3.20. The van der Waals surface area contributed by atoms with Crippen molar-refractivity contribution in [1.29, 1.82) is 0 Å². The van der Waals surface area contributed by atoms with E-state index in [1.54, 1.807) is 7.05 Å². The number of rotatable bonds is 5. The lowest BCUT2D eigenvalue weighted by atomic mass is 10.1. The van der Waals surface area contributed by atoms with Crippen molar-refractivity contribution in [2.75, 3.05) is 30.4 Å². The van der Waals surface area contributed by atoms with Crippen LogP contribution in [0.15, 0.2) is 16.6 Å². The van der Waals surface area contributed by atoms with E-state index in [4.69, 9.17) is 6.42 Å². The predicted molar refractivity (Wildman–Crippen MR) is 88.3 cm³/mol. The summed E-state index contributed by atoms with van der Waals surface area (Å²) < 4.78 is 0.980. The van der Waals surface area contributed by atoms with Gasteiger partial charge in [0.15, 0.2) is 0 Å². The Bertz CT molecular complexity index is 619. The number of carbonyl (C=O) groups is 1. The van der Waals surface area contributed by atoms with Crippen molar-refractivity contribution in [1.82, 2.24) is 5.32 Å². The van der Waals surface area contributed by atoms with Crippen LogP contribution in [0.1, 0.15) is 24.4 Å². The lowest BCUT2D eigenvalue weighted by Crippen LogP contribution is -2.26. The number of hydrogen-bond donors (Lipinski definition) is 2. The molecule has 1 fully saturated rings. The van der Waals surface area contributed by atoms with Crippen LogP contribution in [-0.4, -0.2) is 26.0 Å². The summed E-state index contributed by atoms with van der Waals surface area (Å²) in [6.07, 6.45) is 8.06. The molecule has 110 valence electrons. The monoisotopic (exact) mass is 347 g/mol. The molecule has 0 bridgehead atoms. The Morgan fingerprint density at radius 1 is 1.52 bits per heavy atom. The van der Waals surface area contributed by atoms with Crippen LogP contribution in [0.4, 0.5) is 11.4 Å². The van der Waals surface area contributed by atoms with E-state index in [9.17, 15) is 4.79 Å². The molecule has 1 amide bonds. The number of carbonyl (C=O) groups excluding carboxylic acids is 1. The number of fused-ring (bicyclic) bond motifs is 1. The summed E-state index contributed by atoms with van der Waals surface area (Å²) in [5.74, 6) is 3.46. The van der Waals surface area contributed by atoms with Crippen molar-refractivity contribution in [2.45, 2.75) is 18.9 Å². The van der Waals surface area contributed by atoms with E-state index in [0.717, 1.165) is 33.9 Å². The minimum Gasteiger partial charge on any atom is -0.359 e. The highest BCUT2D eigenvalue weighted by Crippen LogP contribution is 2.40. The number of amides is 1. The second-order valence-corrected chi connectivity index (χ2v) is 6.48. The second kappa shape index (κ2) is 5.70. The third kappa shape index (κ3) is 2.78. The van der Waals surface area contributed by atoms with Crippen molar-refractivity contribution in [3.8, 4) is 12.3 Å². The molecule has 1 atom stereocenters. The molecule has 1 aromatic rings. The number of terminal acetylenes is 1. The van der Waals surface area contributed by atoms with E-state index in [1.807, 2.05) is 12.1 Å². The van der Waals surface area contributed by atoms with Gasteiger partial charge >= 0.3 is 0 Å². The maximum absolute atomic E-state index is 11.9. The topological polar surface area (TPSA) is 44.4 Å². The summed E-state index contributed by atoms with van der Waals surface area (Å²) in [6, 6.07) is 3.75. The summed E-state index contributed by atoms with van der Waals surface area (Å²) in [4.78, 5) is 14.1. The number of hydrogen-bond acceptors (Lipinski definition) is 3. The maximum Gasteiger partial charge on any atom is 0.246 e. The summed E-state index contributed by atoms with van der Waals surface area (Å²) in [5.41, 5.74) is 2.90. The fourth-order valence-corrected chi connectivity index (χ4v) is 3.38. The first kappa shape index (κ1) is 14.4. The van der Waals surface area contributed by atoms with Gasteiger partial charge in [0.05, 0.1) is 12.2 Å². The normalized spacial score (nSPS) is 19.9. The van der Waals surface area contributed by atoms with Crippen LogP contribution < -0.4 is 15.5 Å². The van der Waals surface area contributed by atoms with Crippen molar-refractivity contribution >= 4 is 33.2 Å². The van der Waals surface area contributed by atoms with E-state index < -0.39 is 0 Å². The molecule has 1 aliphatic heterocycles. The van der Waals surface area contributed by atoms with Crippen molar-refractivity contribution in [3.63, 3.8) is 0 Å². The molecule has 4 nitrogen and oxygen atoms in total. The molecule has 21 heavy (non-hydrogen) atoms. The number of anilines is 2. The Morgan fingerprint density at radius 2 is 2.29 bits per heavy atom. The van der Waals surface area contributed by atoms with Crippen LogP contribution in [0.5, 0.6) is 0 Å². The van der Waals surface area contributed by atoms with Crippen LogP contribution in [0, 0.1) is 18.3 Å². The number of likely N-dealkylation sites (N-methyl/N-ethyl adjacent to an activating group) is 1. The number of benzene rings is 1. The van der Waals surface area contributed by atoms with Gasteiger partial charge in [-0.1, -0.05) is 5.92 Å². The van der Waals surface area contributed by atoms with Crippen LogP contribution in [-0.2, 0) is 4.79 Å². The molecule has 1 unspecified atom stereocenters. The third-order valence-electron chi connectivity index (χ3n) is 4.04. The first-order chi connectivity index (χ1) is 10.1. The van der Waals surface area contributed by atoms with Gasteiger partial charge < -0.3 is 15.5 Å². The zero-order valence-electron chi connectivity index (χ0n) is 11.9. The van der Waals surface area contributed by atoms with E-state index in [-0.39, 0.29) is 11.9 Å². The summed E-state index contributed by atoms with van der Waals surface area (Å²) >= 11 is 3.63. The zero-order chi connectivity index (χ0) is 15.0. The maximum atomic E-state index is 11.9. The average molecular weight is 348 g/mol. The molecule has 1 saturated carbocycles. The Balaban J connectivity index is 1.94. The van der Waals surface area contributed by atoms with E-state index in [0.29, 0.717) is 6.54 Å². The lowest BCUT2D eigenvalue weighted by molar-refractivity contribution is -0.117. The Hall–Kier alpha value is -1.51. The first-order valence-electron chi connectivity index (χ1n) is 7.14. The predicted octanol–water partition coefficient (Wildman–Crippen LogP) is 2.51. The quantitative estimate of drug-likeness (QED) is 0.804. The minimum atomic E-state index is -0.283. The van der Waals surface area contributed by atoms with E-state index in [2.05, 4.69) is 37.4 Å². The highest BCUT2D eigenvalue weighted by Gasteiger charge is 2.31.